The number of halogens is 3. The Bertz CT molecular complexity index is 925. The highest BCUT2D eigenvalue weighted by Crippen LogP contribution is 2.25. The van der Waals surface area contributed by atoms with Gasteiger partial charge < -0.3 is 19.8 Å². The Kier molecular flexibility index (Phi) is 5.26. The van der Waals surface area contributed by atoms with Crippen molar-refractivity contribution in [1.82, 2.24) is 20.3 Å². The fraction of sp³-hybridized carbons (Fsp3) is 0.235. The number of pyridine rings is 1. The van der Waals surface area contributed by atoms with Gasteiger partial charge in [0.05, 0.1) is 24.5 Å². The van der Waals surface area contributed by atoms with Crippen LogP contribution in [0.1, 0.15) is 22.0 Å². The summed E-state index contributed by atoms with van der Waals surface area (Å²) in [5.41, 5.74) is 1.77. The molecule has 10 heteroatoms. The van der Waals surface area contributed by atoms with E-state index in [0.717, 1.165) is 0 Å². The SMILES string of the molecule is COCC(NC(=O)c1ccnc2[nH]cnc12)c1ccc(OC(F)(F)F)cc1. The quantitative estimate of drug-likeness (QED) is 0.686. The maximum absolute atomic E-state index is 12.6. The number of methoxy groups -OCH3 is 1. The average Bonchev–Trinajstić information content (AvgIpc) is 3.09. The summed E-state index contributed by atoms with van der Waals surface area (Å²) in [7, 11) is 1.46. The minimum atomic E-state index is -4.77. The van der Waals surface area contributed by atoms with Crippen molar-refractivity contribution in [3.05, 3.63) is 54.0 Å². The molecule has 0 radical (unpaired) electrons. The molecule has 142 valence electrons. The molecule has 1 unspecified atom stereocenters. The number of ether oxygens (including phenoxy) is 2. The third-order valence-electron chi connectivity index (χ3n) is 3.72. The number of imidazole rings is 1. The molecule has 2 N–H and O–H groups in total. The molecule has 3 rings (SSSR count). The van der Waals surface area contributed by atoms with Gasteiger partial charge in [-0.3, -0.25) is 4.79 Å². The standard InChI is InChI=1S/C17H15F3N4O3/c1-26-8-13(10-2-4-11(5-3-10)27-17(18,19)20)24-16(25)12-6-7-21-15-14(12)22-9-23-15/h2-7,9,13H,8H2,1H3,(H,24,25)(H,21,22,23). The van der Waals surface area contributed by atoms with E-state index in [1.54, 1.807) is 0 Å². The largest absolute Gasteiger partial charge is 0.573 e. The Morgan fingerprint density at radius 2 is 1.96 bits per heavy atom. The van der Waals surface area contributed by atoms with E-state index < -0.39 is 18.3 Å². The molecule has 0 saturated heterocycles. The van der Waals surface area contributed by atoms with Crippen LogP contribution in [0.25, 0.3) is 11.2 Å². The van der Waals surface area contributed by atoms with E-state index in [2.05, 4.69) is 25.0 Å². The van der Waals surface area contributed by atoms with Crippen LogP contribution >= 0.6 is 0 Å². The Morgan fingerprint density at radius 1 is 1.22 bits per heavy atom. The van der Waals surface area contributed by atoms with E-state index in [-0.39, 0.29) is 12.4 Å². The maximum Gasteiger partial charge on any atom is 0.573 e. The summed E-state index contributed by atoms with van der Waals surface area (Å²) in [6.07, 6.45) is -1.86. The first-order chi connectivity index (χ1) is 12.9. The molecule has 27 heavy (non-hydrogen) atoms. The fourth-order valence-corrected chi connectivity index (χ4v) is 2.56. The summed E-state index contributed by atoms with van der Waals surface area (Å²) in [5, 5.41) is 2.79. The van der Waals surface area contributed by atoms with Gasteiger partial charge in [0, 0.05) is 13.3 Å². The number of fused-ring (bicyclic) bond motifs is 1. The van der Waals surface area contributed by atoms with Gasteiger partial charge in [-0.25, -0.2) is 9.97 Å². The maximum atomic E-state index is 12.6. The second-order valence-electron chi connectivity index (χ2n) is 5.56. The van der Waals surface area contributed by atoms with Crippen LogP contribution in [0, 0.1) is 0 Å². The summed E-state index contributed by atoms with van der Waals surface area (Å²) in [4.78, 5) is 23.6. The van der Waals surface area contributed by atoms with Gasteiger partial charge in [0.1, 0.15) is 11.3 Å². The first kappa shape index (κ1) is 18.6. The monoisotopic (exact) mass is 380 g/mol. The predicted octanol–water partition coefficient (Wildman–Crippen LogP) is 2.97. The number of hydrogen-bond acceptors (Lipinski definition) is 5. The molecule has 0 aliphatic heterocycles. The molecule has 0 aliphatic rings. The van der Waals surface area contributed by atoms with Crippen molar-refractivity contribution in [2.45, 2.75) is 12.4 Å². The molecular weight excluding hydrogens is 365 g/mol. The van der Waals surface area contributed by atoms with Gasteiger partial charge in [0.2, 0.25) is 0 Å². The summed E-state index contributed by atoms with van der Waals surface area (Å²) >= 11 is 0. The molecule has 0 spiro atoms. The highest BCUT2D eigenvalue weighted by Gasteiger charge is 2.31. The normalized spacial score (nSPS) is 12.7. The fourth-order valence-electron chi connectivity index (χ4n) is 2.56. The number of amides is 1. The van der Waals surface area contributed by atoms with Crippen LogP contribution in [0.3, 0.4) is 0 Å². The number of nitrogens with one attached hydrogen (secondary N) is 2. The van der Waals surface area contributed by atoms with Gasteiger partial charge in [-0.2, -0.15) is 0 Å². The third-order valence-corrected chi connectivity index (χ3v) is 3.72. The number of rotatable bonds is 6. The minimum absolute atomic E-state index is 0.125. The zero-order valence-corrected chi connectivity index (χ0v) is 14.1. The lowest BCUT2D eigenvalue weighted by atomic mass is 10.1. The van der Waals surface area contributed by atoms with Crippen molar-refractivity contribution in [1.29, 1.82) is 0 Å². The number of aromatic amines is 1. The molecule has 0 aliphatic carbocycles. The third kappa shape index (κ3) is 4.53. The second-order valence-corrected chi connectivity index (χ2v) is 5.56. The lowest BCUT2D eigenvalue weighted by Crippen LogP contribution is -2.31. The lowest BCUT2D eigenvalue weighted by molar-refractivity contribution is -0.274. The van der Waals surface area contributed by atoms with Crippen LogP contribution in [0.5, 0.6) is 5.75 Å². The van der Waals surface area contributed by atoms with Crippen molar-refractivity contribution in [2.24, 2.45) is 0 Å². The van der Waals surface area contributed by atoms with Gasteiger partial charge in [0.25, 0.3) is 5.91 Å². The number of nitrogens with zero attached hydrogens (tertiary/aromatic N) is 2. The van der Waals surface area contributed by atoms with Gasteiger partial charge in [-0.15, -0.1) is 13.2 Å². The highest BCUT2D eigenvalue weighted by molar-refractivity contribution is 6.04. The molecule has 1 aromatic carbocycles. The van der Waals surface area contributed by atoms with E-state index in [9.17, 15) is 18.0 Å². The molecule has 0 saturated carbocycles. The molecule has 2 aromatic heterocycles. The van der Waals surface area contributed by atoms with Crippen LogP contribution in [0.15, 0.2) is 42.9 Å². The van der Waals surface area contributed by atoms with E-state index in [0.29, 0.717) is 22.3 Å². The second kappa shape index (κ2) is 7.62. The van der Waals surface area contributed by atoms with Crippen LogP contribution in [0.4, 0.5) is 13.2 Å². The molecular formula is C17H15F3N4O3. The predicted molar refractivity (Wildman–Crippen MR) is 89.1 cm³/mol. The number of aromatic nitrogens is 3. The van der Waals surface area contributed by atoms with Gasteiger partial charge in [-0.05, 0) is 23.8 Å². The average molecular weight is 380 g/mol. The molecule has 3 aromatic rings. The molecule has 1 amide bonds. The van der Waals surface area contributed by atoms with Crippen molar-refractivity contribution in [2.75, 3.05) is 13.7 Å². The van der Waals surface area contributed by atoms with Crippen LogP contribution in [-0.4, -0.2) is 40.9 Å². The number of carbonyl (C=O) groups is 1. The Labute approximate surface area is 151 Å². The van der Waals surface area contributed by atoms with Gasteiger partial charge in [-0.1, -0.05) is 12.1 Å². The number of alkyl halides is 3. The highest BCUT2D eigenvalue weighted by atomic mass is 19.4. The number of H-pyrrole nitrogens is 1. The van der Waals surface area contributed by atoms with Crippen LogP contribution in [-0.2, 0) is 4.74 Å². The van der Waals surface area contributed by atoms with E-state index in [1.807, 2.05) is 0 Å². The van der Waals surface area contributed by atoms with Gasteiger partial charge in [0.15, 0.2) is 5.65 Å². The van der Waals surface area contributed by atoms with E-state index in [4.69, 9.17) is 4.74 Å². The Balaban J connectivity index is 1.79. The molecule has 0 bridgehead atoms. The summed E-state index contributed by atoms with van der Waals surface area (Å²) < 4.78 is 45.8. The first-order valence-electron chi connectivity index (χ1n) is 7.81. The topological polar surface area (TPSA) is 89.1 Å². The Morgan fingerprint density at radius 3 is 2.63 bits per heavy atom. The zero-order valence-electron chi connectivity index (χ0n) is 14.1. The molecule has 7 nitrogen and oxygen atoms in total. The summed E-state index contributed by atoms with van der Waals surface area (Å²) in [6.45, 7) is 0.125. The van der Waals surface area contributed by atoms with Crippen molar-refractivity contribution in [3.8, 4) is 5.75 Å². The summed E-state index contributed by atoms with van der Waals surface area (Å²) in [5.74, 6) is -0.756. The van der Waals surface area contributed by atoms with Crippen LogP contribution in [0.2, 0.25) is 0 Å². The lowest BCUT2D eigenvalue weighted by Gasteiger charge is -2.19. The molecule has 1 atom stereocenters. The minimum Gasteiger partial charge on any atom is -0.406 e. The Hall–Kier alpha value is -3.14. The van der Waals surface area contributed by atoms with Gasteiger partial charge >= 0.3 is 6.36 Å². The van der Waals surface area contributed by atoms with Crippen molar-refractivity contribution >= 4 is 17.1 Å². The zero-order chi connectivity index (χ0) is 19.4. The van der Waals surface area contributed by atoms with E-state index >= 15 is 0 Å². The first-order valence-corrected chi connectivity index (χ1v) is 7.81. The molecule has 2 heterocycles. The number of hydrogen-bond donors (Lipinski definition) is 2. The van der Waals surface area contributed by atoms with Crippen molar-refractivity contribution < 1.29 is 27.4 Å². The van der Waals surface area contributed by atoms with Crippen molar-refractivity contribution in [3.63, 3.8) is 0 Å². The smallest absolute Gasteiger partial charge is 0.406 e. The molecule has 0 fully saturated rings. The summed E-state index contributed by atoms with van der Waals surface area (Å²) in [6, 6.07) is 6.17. The van der Waals surface area contributed by atoms with E-state index in [1.165, 1.54) is 50.0 Å². The van der Waals surface area contributed by atoms with Crippen LogP contribution < -0.4 is 10.1 Å². The number of carbonyl (C=O) groups excluding carboxylic acids is 1. The number of benzene rings is 1.